The quantitative estimate of drug-likeness (QED) is 0.131. The Bertz CT molecular complexity index is 1480. The van der Waals surface area contributed by atoms with Crippen LogP contribution in [0.5, 0.6) is 0 Å². The van der Waals surface area contributed by atoms with Crippen LogP contribution in [-0.2, 0) is 14.4 Å². The Morgan fingerprint density at radius 3 is 2.22 bits per heavy atom. The minimum absolute atomic E-state index is 0.0753. The number of ketones is 2. The van der Waals surface area contributed by atoms with E-state index >= 15 is 0 Å². The number of nitrogens with zero attached hydrogens (tertiary/aromatic N) is 3. The summed E-state index contributed by atoms with van der Waals surface area (Å²) in [5.74, 6) is -6.20. The number of nitro benzene ring substituents is 1. The van der Waals surface area contributed by atoms with Crippen LogP contribution in [0.2, 0.25) is 0 Å². The molecule has 1 aliphatic heterocycles. The lowest BCUT2D eigenvalue weighted by atomic mass is 9.92. The van der Waals surface area contributed by atoms with Crippen molar-refractivity contribution in [2.45, 2.75) is 6.92 Å². The van der Waals surface area contributed by atoms with Crippen molar-refractivity contribution in [3.63, 3.8) is 0 Å². The molecule has 11 heteroatoms. The standard InChI is InChI=1S/C26H18N4O7/c1-15(31)18-8-5-9-19(14-18)27-24(33)23(32)21-22(16-6-3-2-4-7-16)28-29(26(21)35)25(34)17-10-12-20(13-11-17)30(36)37/h2-14,21H,1H3,(H,27,33)/t21-/m1/s1. The molecule has 0 unspecified atom stereocenters. The number of benzene rings is 3. The van der Waals surface area contributed by atoms with Gasteiger partial charge in [-0.1, -0.05) is 42.5 Å². The van der Waals surface area contributed by atoms with E-state index in [4.69, 9.17) is 0 Å². The molecule has 0 aliphatic carbocycles. The molecule has 4 rings (SSSR count). The lowest BCUT2D eigenvalue weighted by molar-refractivity contribution is -0.384. The number of Topliss-reactive ketones (excluding diaryl/α,β-unsaturated/α-hetero) is 2. The summed E-state index contributed by atoms with van der Waals surface area (Å²) in [5, 5.41) is 17.8. The van der Waals surface area contributed by atoms with Gasteiger partial charge in [-0.2, -0.15) is 10.1 Å². The van der Waals surface area contributed by atoms with Crippen molar-refractivity contribution in [1.82, 2.24) is 5.01 Å². The lowest BCUT2D eigenvalue weighted by Gasteiger charge is -2.13. The molecule has 0 saturated heterocycles. The van der Waals surface area contributed by atoms with Crippen LogP contribution >= 0.6 is 0 Å². The summed E-state index contributed by atoms with van der Waals surface area (Å²) < 4.78 is 0. The molecule has 3 aromatic rings. The number of imide groups is 1. The molecular formula is C26H18N4O7. The first-order valence-electron chi connectivity index (χ1n) is 10.9. The fourth-order valence-corrected chi connectivity index (χ4v) is 3.66. The van der Waals surface area contributed by atoms with E-state index in [2.05, 4.69) is 10.4 Å². The predicted octanol–water partition coefficient (Wildman–Crippen LogP) is 3.01. The number of carbonyl (C=O) groups excluding carboxylic acids is 5. The third-order valence-corrected chi connectivity index (χ3v) is 5.54. The second-order valence-corrected chi connectivity index (χ2v) is 8.00. The van der Waals surface area contributed by atoms with Crippen molar-refractivity contribution in [1.29, 1.82) is 0 Å². The number of non-ortho nitro benzene ring substituents is 1. The number of rotatable bonds is 7. The molecule has 0 aromatic heterocycles. The number of amides is 3. The highest BCUT2D eigenvalue weighted by Crippen LogP contribution is 2.25. The van der Waals surface area contributed by atoms with Gasteiger partial charge in [0.15, 0.2) is 11.7 Å². The van der Waals surface area contributed by atoms with Crippen LogP contribution < -0.4 is 5.32 Å². The van der Waals surface area contributed by atoms with Crippen LogP contribution in [0.4, 0.5) is 11.4 Å². The zero-order valence-corrected chi connectivity index (χ0v) is 19.3. The van der Waals surface area contributed by atoms with Gasteiger partial charge in [0.05, 0.1) is 10.6 Å². The molecule has 3 aromatic carbocycles. The largest absolute Gasteiger partial charge is 0.319 e. The molecule has 0 bridgehead atoms. The van der Waals surface area contributed by atoms with Gasteiger partial charge in [-0.05, 0) is 36.8 Å². The SMILES string of the molecule is CC(=O)c1cccc(NC(=O)C(=O)[C@@H]2C(=O)N(C(=O)c3ccc([N+](=O)[O-])cc3)N=C2c2ccccc2)c1. The van der Waals surface area contributed by atoms with Gasteiger partial charge in [0.1, 0.15) is 0 Å². The van der Waals surface area contributed by atoms with Crippen molar-refractivity contribution in [3.05, 3.63) is 106 Å². The Hall–Kier alpha value is -5.32. The third-order valence-electron chi connectivity index (χ3n) is 5.54. The Balaban J connectivity index is 1.65. The maximum absolute atomic E-state index is 13.3. The van der Waals surface area contributed by atoms with Crippen molar-refractivity contribution >= 4 is 46.4 Å². The van der Waals surface area contributed by atoms with E-state index in [0.29, 0.717) is 16.1 Å². The summed E-state index contributed by atoms with van der Waals surface area (Å²) in [6.07, 6.45) is 0. The summed E-state index contributed by atoms with van der Waals surface area (Å²) in [7, 11) is 0. The molecule has 1 N–H and O–H groups in total. The molecule has 0 radical (unpaired) electrons. The highest BCUT2D eigenvalue weighted by Gasteiger charge is 2.46. The molecule has 1 aliphatic rings. The first-order valence-corrected chi connectivity index (χ1v) is 10.9. The first kappa shape index (κ1) is 24.8. The number of hydrogen-bond acceptors (Lipinski definition) is 8. The number of hydrogen-bond donors (Lipinski definition) is 1. The monoisotopic (exact) mass is 498 g/mol. The Kier molecular flexibility index (Phi) is 6.78. The van der Waals surface area contributed by atoms with Crippen molar-refractivity contribution in [2.24, 2.45) is 11.0 Å². The minimum atomic E-state index is -1.71. The molecule has 3 amide bonds. The summed E-state index contributed by atoms with van der Waals surface area (Å²) in [6, 6.07) is 18.6. The van der Waals surface area contributed by atoms with Gasteiger partial charge >= 0.3 is 0 Å². The van der Waals surface area contributed by atoms with Gasteiger partial charge in [0.25, 0.3) is 23.4 Å². The fourth-order valence-electron chi connectivity index (χ4n) is 3.66. The van der Waals surface area contributed by atoms with E-state index in [1.54, 1.807) is 36.4 Å². The molecule has 0 fully saturated rings. The van der Waals surface area contributed by atoms with E-state index in [0.717, 1.165) is 24.3 Å². The maximum Gasteiger partial charge on any atom is 0.293 e. The zero-order chi connectivity index (χ0) is 26.7. The van der Waals surface area contributed by atoms with Crippen LogP contribution in [0.25, 0.3) is 0 Å². The molecule has 1 atom stereocenters. The predicted molar refractivity (Wildman–Crippen MR) is 131 cm³/mol. The fraction of sp³-hybridized carbons (Fsp3) is 0.0769. The molecule has 184 valence electrons. The Morgan fingerprint density at radius 1 is 0.919 bits per heavy atom. The minimum Gasteiger partial charge on any atom is -0.319 e. The normalized spacial score (nSPS) is 14.6. The molecule has 37 heavy (non-hydrogen) atoms. The van der Waals surface area contributed by atoms with E-state index < -0.39 is 34.3 Å². The topological polar surface area (TPSA) is 156 Å². The average molecular weight is 498 g/mol. The molecule has 0 saturated carbocycles. The smallest absolute Gasteiger partial charge is 0.293 e. The third kappa shape index (κ3) is 5.05. The van der Waals surface area contributed by atoms with Gasteiger partial charge in [-0.3, -0.25) is 34.1 Å². The summed E-state index contributed by atoms with van der Waals surface area (Å²) in [6.45, 7) is 1.35. The van der Waals surface area contributed by atoms with Crippen LogP contribution in [0.3, 0.4) is 0 Å². The lowest BCUT2D eigenvalue weighted by Crippen LogP contribution is -2.41. The van der Waals surface area contributed by atoms with Crippen molar-refractivity contribution in [2.75, 3.05) is 5.32 Å². The highest BCUT2D eigenvalue weighted by molar-refractivity contribution is 6.51. The van der Waals surface area contributed by atoms with Crippen LogP contribution in [0, 0.1) is 16.0 Å². The van der Waals surface area contributed by atoms with Gasteiger partial charge in [-0.15, -0.1) is 0 Å². The number of nitro groups is 1. The van der Waals surface area contributed by atoms with Crippen molar-refractivity contribution in [3.8, 4) is 0 Å². The molecular weight excluding hydrogens is 480 g/mol. The van der Waals surface area contributed by atoms with E-state index in [1.807, 2.05) is 0 Å². The number of nitrogens with one attached hydrogen (secondary N) is 1. The van der Waals surface area contributed by atoms with Crippen LogP contribution in [-0.4, -0.2) is 44.9 Å². The second-order valence-electron chi connectivity index (χ2n) is 8.00. The van der Waals surface area contributed by atoms with Gasteiger partial charge in [-0.25, -0.2) is 0 Å². The van der Waals surface area contributed by atoms with Crippen LogP contribution in [0.1, 0.15) is 33.2 Å². The number of anilines is 1. The molecule has 1 heterocycles. The van der Waals surface area contributed by atoms with Gasteiger partial charge < -0.3 is 5.32 Å². The highest BCUT2D eigenvalue weighted by atomic mass is 16.6. The van der Waals surface area contributed by atoms with E-state index in [9.17, 15) is 34.1 Å². The zero-order valence-electron chi connectivity index (χ0n) is 19.3. The molecule has 0 spiro atoms. The van der Waals surface area contributed by atoms with Gasteiger partial charge in [0.2, 0.25) is 5.78 Å². The number of hydrazone groups is 1. The van der Waals surface area contributed by atoms with E-state index in [-0.39, 0.29) is 28.4 Å². The summed E-state index contributed by atoms with van der Waals surface area (Å²) >= 11 is 0. The first-order chi connectivity index (χ1) is 17.7. The Morgan fingerprint density at radius 2 is 1.59 bits per heavy atom. The average Bonchev–Trinajstić information content (AvgIpc) is 3.25. The molecule has 11 nitrogen and oxygen atoms in total. The van der Waals surface area contributed by atoms with E-state index in [1.165, 1.54) is 25.1 Å². The second kappa shape index (κ2) is 10.1. The van der Waals surface area contributed by atoms with Gasteiger partial charge in [0, 0.05) is 28.9 Å². The number of carbonyl (C=O) groups is 5. The summed E-state index contributed by atoms with van der Waals surface area (Å²) in [5.41, 5.74) is 0.408. The summed E-state index contributed by atoms with van der Waals surface area (Å²) in [4.78, 5) is 74.2. The Labute approximate surface area is 209 Å². The maximum atomic E-state index is 13.3. The van der Waals surface area contributed by atoms with Crippen molar-refractivity contribution < 1.29 is 28.9 Å². The van der Waals surface area contributed by atoms with Crippen LogP contribution in [0.15, 0.2) is 84.0 Å².